The Morgan fingerprint density at radius 2 is 1.64 bits per heavy atom. The minimum atomic E-state index is 0.295. The Morgan fingerprint density at radius 1 is 1.00 bits per heavy atom. The van der Waals surface area contributed by atoms with Gasteiger partial charge < -0.3 is 10.1 Å². The average molecular weight is 304 g/mol. The van der Waals surface area contributed by atoms with Gasteiger partial charge >= 0.3 is 0 Å². The van der Waals surface area contributed by atoms with Crippen molar-refractivity contribution in [2.75, 3.05) is 40.4 Å². The quantitative estimate of drug-likeness (QED) is 0.907. The summed E-state index contributed by atoms with van der Waals surface area (Å²) < 4.78 is 5.01. The van der Waals surface area contributed by atoms with E-state index in [1.807, 2.05) is 0 Å². The van der Waals surface area contributed by atoms with Gasteiger partial charge in [0.15, 0.2) is 0 Å². The van der Waals surface area contributed by atoms with Gasteiger partial charge in [-0.05, 0) is 45.0 Å². The first-order chi connectivity index (χ1) is 10.7. The molecule has 124 valence electrons. The van der Waals surface area contributed by atoms with Crippen LogP contribution in [-0.4, -0.2) is 45.3 Å². The van der Waals surface area contributed by atoms with E-state index in [0.29, 0.717) is 5.54 Å². The van der Waals surface area contributed by atoms with Crippen LogP contribution in [-0.2, 0) is 10.3 Å². The van der Waals surface area contributed by atoms with Gasteiger partial charge in [-0.25, -0.2) is 0 Å². The third-order valence-electron chi connectivity index (χ3n) is 5.03. The Kier molecular flexibility index (Phi) is 6.87. The fourth-order valence-electron chi connectivity index (χ4n) is 3.70. The van der Waals surface area contributed by atoms with Crippen LogP contribution in [0.3, 0.4) is 0 Å². The van der Waals surface area contributed by atoms with Crippen molar-refractivity contribution in [3.05, 3.63) is 35.4 Å². The lowest BCUT2D eigenvalue weighted by molar-refractivity contribution is 0.0982. The van der Waals surface area contributed by atoms with E-state index in [0.717, 1.165) is 26.3 Å². The van der Waals surface area contributed by atoms with E-state index in [-0.39, 0.29) is 0 Å². The Balaban J connectivity index is 0.000000246. The van der Waals surface area contributed by atoms with E-state index in [9.17, 15) is 0 Å². The number of rotatable bonds is 2. The number of hydrogen-bond acceptors (Lipinski definition) is 3. The first kappa shape index (κ1) is 17.5. The molecule has 3 rings (SSSR count). The third kappa shape index (κ3) is 4.31. The summed E-state index contributed by atoms with van der Waals surface area (Å²) in [7, 11) is 4.47. The maximum absolute atomic E-state index is 5.01. The lowest BCUT2D eigenvalue weighted by Gasteiger charge is -2.44. The number of aryl methyl sites for hydroxylation is 1. The topological polar surface area (TPSA) is 24.5 Å². The number of nitrogens with one attached hydrogen (secondary N) is 1. The van der Waals surface area contributed by atoms with Gasteiger partial charge in [0.2, 0.25) is 0 Å². The Bertz CT molecular complexity index is 423. The molecular weight excluding hydrogens is 272 g/mol. The molecule has 1 saturated carbocycles. The summed E-state index contributed by atoms with van der Waals surface area (Å²) in [4.78, 5) is 2.44. The van der Waals surface area contributed by atoms with Gasteiger partial charge in [0.1, 0.15) is 0 Å². The van der Waals surface area contributed by atoms with Crippen LogP contribution in [0, 0.1) is 6.92 Å². The lowest BCUT2D eigenvalue weighted by Crippen LogP contribution is -2.43. The van der Waals surface area contributed by atoms with Gasteiger partial charge in [0, 0.05) is 18.6 Å². The monoisotopic (exact) mass is 304 g/mol. The zero-order valence-electron chi connectivity index (χ0n) is 14.5. The average Bonchev–Trinajstić information content (AvgIpc) is 2.58. The molecule has 0 radical (unpaired) electrons. The standard InChI is InChI=1S/C15H23N.C4H9NO/c1-13-9-5-6-10-14(13)15(16(2)3)11-7-4-8-12-15;1-3-6-4-2-5-1/h5-6,9-10H,4,7-8,11-12H2,1-3H3;5H,1-4H2. The second-order valence-electron chi connectivity index (χ2n) is 6.66. The molecule has 0 spiro atoms. The minimum Gasteiger partial charge on any atom is -0.379 e. The smallest absolute Gasteiger partial charge is 0.0591 e. The molecule has 2 fully saturated rings. The molecule has 3 nitrogen and oxygen atoms in total. The minimum absolute atomic E-state index is 0.295. The van der Waals surface area contributed by atoms with Gasteiger partial charge in [-0.15, -0.1) is 0 Å². The summed E-state index contributed by atoms with van der Waals surface area (Å²) in [5.41, 5.74) is 3.28. The summed E-state index contributed by atoms with van der Waals surface area (Å²) in [5, 5.41) is 3.16. The summed E-state index contributed by atoms with van der Waals surface area (Å²) in [6.45, 7) is 6.08. The number of nitrogens with zero attached hydrogens (tertiary/aromatic N) is 1. The van der Waals surface area contributed by atoms with E-state index in [2.05, 4.69) is 55.5 Å². The molecule has 0 bridgehead atoms. The molecule has 0 aromatic heterocycles. The summed E-state index contributed by atoms with van der Waals surface area (Å²) in [6.07, 6.45) is 6.76. The number of benzene rings is 1. The van der Waals surface area contributed by atoms with Crippen molar-refractivity contribution >= 4 is 0 Å². The normalized spacial score (nSPS) is 21.1. The van der Waals surface area contributed by atoms with Gasteiger partial charge in [0.25, 0.3) is 0 Å². The number of hydrogen-bond donors (Lipinski definition) is 1. The van der Waals surface area contributed by atoms with Crippen LogP contribution in [0.5, 0.6) is 0 Å². The fraction of sp³-hybridized carbons (Fsp3) is 0.684. The van der Waals surface area contributed by atoms with Crippen LogP contribution in [0.15, 0.2) is 24.3 Å². The lowest BCUT2D eigenvalue weighted by atomic mass is 9.74. The molecule has 1 aliphatic carbocycles. The van der Waals surface area contributed by atoms with Gasteiger partial charge in [0.05, 0.1) is 13.2 Å². The molecule has 22 heavy (non-hydrogen) atoms. The molecule has 1 aromatic rings. The van der Waals surface area contributed by atoms with Crippen molar-refractivity contribution < 1.29 is 4.74 Å². The zero-order valence-corrected chi connectivity index (χ0v) is 14.5. The summed E-state index contributed by atoms with van der Waals surface area (Å²) in [6, 6.07) is 8.89. The van der Waals surface area contributed by atoms with Gasteiger partial charge in [-0.3, -0.25) is 4.90 Å². The highest BCUT2D eigenvalue weighted by Gasteiger charge is 2.36. The molecular formula is C19H32N2O. The molecule has 1 saturated heterocycles. The highest BCUT2D eigenvalue weighted by atomic mass is 16.5. The Morgan fingerprint density at radius 3 is 2.09 bits per heavy atom. The van der Waals surface area contributed by atoms with E-state index in [4.69, 9.17) is 4.74 Å². The van der Waals surface area contributed by atoms with Crippen molar-refractivity contribution in [1.29, 1.82) is 0 Å². The molecule has 3 heteroatoms. The maximum atomic E-state index is 5.01. The van der Waals surface area contributed by atoms with E-state index in [1.54, 1.807) is 5.56 Å². The third-order valence-corrected chi connectivity index (χ3v) is 5.03. The predicted octanol–water partition coefficient (Wildman–Crippen LogP) is 3.32. The molecule has 1 aromatic carbocycles. The zero-order chi connectivity index (χ0) is 15.8. The number of morpholine rings is 1. The molecule has 0 amide bonds. The van der Waals surface area contributed by atoms with Crippen LogP contribution in [0.25, 0.3) is 0 Å². The summed E-state index contributed by atoms with van der Waals surface area (Å²) >= 11 is 0. The van der Waals surface area contributed by atoms with Gasteiger partial charge in [-0.1, -0.05) is 43.5 Å². The second-order valence-corrected chi connectivity index (χ2v) is 6.66. The predicted molar refractivity (Wildman–Crippen MR) is 93.3 cm³/mol. The second kappa shape index (κ2) is 8.66. The fourth-order valence-corrected chi connectivity index (χ4v) is 3.70. The summed E-state index contributed by atoms with van der Waals surface area (Å²) in [5.74, 6) is 0. The molecule has 0 unspecified atom stereocenters. The van der Waals surface area contributed by atoms with E-state index >= 15 is 0 Å². The highest BCUT2D eigenvalue weighted by molar-refractivity contribution is 5.33. The van der Waals surface area contributed by atoms with Gasteiger partial charge in [-0.2, -0.15) is 0 Å². The van der Waals surface area contributed by atoms with Crippen LogP contribution < -0.4 is 5.32 Å². The van der Waals surface area contributed by atoms with Crippen molar-refractivity contribution in [2.24, 2.45) is 0 Å². The largest absolute Gasteiger partial charge is 0.379 e. The SMILES string of the molecule is C1COCCN1.Cc1ccccc1C1(N(C)C)CCCCC1. The van der Waals surface area contributed by atoms with Crippen LogP contribution in [0.4, 0.5) is 0 Å². The van der Waals surface area contributed by atoms with Crippen molar-refractivity contribution in [3.63, 3.8) is 0 Å². The van der Waals surface area contributed by atoms with Crippen molar-refractivity contribution in [1.82, 2.24) is 10.2 Å². The highest BCUT2D eigenvalue weighted by Crippen LogP contribution is 2.42. The Labute approximate surface area is 136 Å². The molecule has 1 N–H and O–H groups in total. The van der Waals surface area contributed by atoms with Crippen LogP contribution in [0.1, 0.15) is 43.2 Å². The first-order valence-electron chi connectivity index (χ1n) is 8.69. The molecule has 2 aliphatic rings. The van der Waals surface area contributed by atoms with Crippen molar-refractivity contribution in [2.45, 2.75) is 44.6 Å². The van der Waals surface area contributed by atoms with Crippen molar-refractivity contribution in [3.8, 4) is 0 Å². The molecule has 1 heterocycles. The Hall–Kier alpha value is -0.900. The molecule has 0 atom stereocenters. The van der Waals surface area contributed by atoms with Crippen LogP contribution >= 0.6 is 0 Å². The number of ether oxygens (including phenoxy) is 1. The first-order valence-corrected chi connectivity index (χ1v) is 8.69. The van der Waals surface area contributed by atoms with E-state index < -0.39 is 0 Å². The van der Waals surface area contributed by atoms with Crippen LogP contribution in [0.2, 0.25) is 0 Å². The maximum Gasteiger partial charge on any atom is 0.0591 e. The molecule has 1 aliphatic heterocycles. The van der Waals surface area contributed by atoms with E-state index in [1.165, 1.54) is 37.7 Å².